The van der Waals surface area contributed by atoms with Gasteiger partial charge in [0, 0.05) is 13.0 Å². The van der Waals surface area contributed by atoms with Crippen molar-refractivity contribution in [2.75, 3.05) is 20.1 Å². The standard InChI is InChI=1S/C17H28N2O.ClH/c1-17(2,3)15-9-6-14(7-10-15)8-11-16(20)19-13-5-12-18-4;/h6-7,9-10,18H,5,8,11-13H2,1-4H3,(H,19,20);1H. The Morgan fingerprint density at radius 1 is 1.10 bits per heavy atom. The first-order valence-corrected chi connectivity index (χ1v) is 7.44. The minimum Gasteiger partial charge on any atom is -0.356 e. The van der Waals surface area contributed by atoms with E-state index >= 15 is 0 Å². The van der Waals surface area contributed by atoms with Crippen molar-refractivity contribution >= 4 is 18.3 Å². The zero-order valence-electron chi connectivity index (χ0n) is 13.7. The van der Waals surface area contributed by atoms with Crippen LogP contribution in [-0.2, 0) is 16.6 Å². The predicted molar refractivity (Wildman–Crippen MR) is 92.3 cm³/mol. The van der Waals surface area contributed by atoms with Crippen molar-refractivity contribution in [2.24, 2.45) is 0 Å². The first-order chi connectivity index (χ1) is 9.43. The number of carbonyl (C=O) groups is 1. The Balaban J connectivity index is 0.00000400. The van der Waals surface area contributed by atoms with Gasteiger partial charge in [-0.3, -0.25) is 4.79 Å². The average molecular weight is 313 g/mol. The Bertz CT molecular complexity index is 410. The molecule has 0 aliphatic rings. The molecular formula is C17H29ClN2O. The number of amides is 1. The predicted octanol–water partition coefficient (Wildman–Crippen LogP) is 3.06. The van der Waals surface area contributed by atoms with Crippen molar-refractivity contribution in [3.63, 3.8) is 0 Å². The summed E-state index contributed by atoms with van der Waals surface area (Å²) in [4.78, 5) is 11.7. The fourth-order valence-corrected chi connectivity index (χ4v) is 2.01. The van der Waals surface area contributed by atoms with Gasteiger partial charge in [-0.25, -0.2) is 0 Å². The Hall–Kier alpha value is -1.06. The van der Waals surface area contributed by atoms with Crippen LogP contribution in [0.25, 0.3) is 0 Å². The van der Waals surface area contributed by atoms with Crippen LogP contribution >= 0.6 is 12.4 Å². The molecule has 0 unspecified atom stereocenters. The van der Waals surface area contributed by atoms with E-state index in [0.717, 1.165) is 25.9 Å². The molecule has 1 amide bonds. The summed E-state index contributed by atoms with van der Waals surface area (Å²) in [6.07, 6.45) is 2.35. The minimum absolute atomic E-state index is 0. The fourth-order valence-electron chi connectivity index (χ4n) is 2.01. The second-order valence-corrected chi connectivity index (χ2v) is 6.25. The average Bonchev–Trinajstić information content (AvgIpc) is 2.41. The van der Waals surface area contributed by atoms with Crippen molar-refractivity contribution in [3.8, 4) is 0 Å². The molecule has 1 rings (SSSR count). The summed E-state index contributed by atoms with van der Waals surface area (Å²) in [5, 5.41) is 6.01. The van der Waals surface area contributed by atoms with Gasteiger partial charge in [-0.05, 0) is 43.0 Å². The molecule has 120 valence electrons. The van der Waals surface area contributed by atoms with Crippen LogP contribution in [0.5, 0.6) is 0 Å². The lowest BCUT2D eigenvalue weighted by atomic mass is 9.86. The number of carbonyl (C=O) groups excluding carboxylic acids is 1. The van der Waals surface area contributed by atoms with Crippen LogP contribution in [0.2, 0.25) is 0 Å². The third-order valence-electron chi connectivity index (χ3n) is 3.39. The molecule has 0 heterocycles. The lowest BCUT2D eigenvalue weighted by molar-refractivity contribution is -0.121. The molecule has 0 saturated carbocycles. The maximum atomic E-state index is 11.7. The summed E-state index contributed by atoms with van der Waals surface area (Å²) in [6.45, 7) is 8.32. The fraction of sp³-hybridized carbons (Fsp3) is 0.588. The Morgan fingerprint density at radius 2 is 1.71 bits per heavy atom. The van der Waals surface area contributed by atoms with E-state index in [2.05, 4.69) is 55.7 Å². The lowest BCUT2D eigenvalue weighted by Gasteiger charge is -2.19. The van der Waals surface area contributed by atoms with Crippen LogP contribution in [0.4, 0.5) is 0 Å². The summed E-state index contributed by atoms with van der Waals surface area (Å²) in [5.41, 5.74) is 2.74. The van der Waals surface area contributed by atoms with E-state index in [1.54, 1.807) is 0 Å². The van der Waals surface area contributed by atoms with E-state index in [1.807, 2.05) is 7.05 Å². The minimum atomic E-state index is 0. The highest BCUT2D eigenvalue weighted by atomic mass is 35.5. The monoisotopic (exact) mass is 312 g/mol. The van der Waals surface area contributed by atoms with Gasteiger partial charge in [0.25, 0.3) is 0 Å². The highest BCUT2D eigenvalue weighted by Crippen LogP contribution is 2.22. The van der Waals surface area contributed by atoms with Crippen molar-refractivity contribution in [1.82, 2.24) is 10.6 Å². The Morgan fingerprint density at radius 3 is 2.24 bits per heavy atom. The lowest BCUT2D eigenvalue weighted by Crippen LogP contribution is -2.26. The summed E-state index contributed by atoms with van der Waals surface area (Å²) >= 11 is 0. The number of hydrogen-bond donors (Lipinski definition) is 2. The zero-order valence-corrected chi connectivity index (χ0v) is 14.5. The van der Waals surface area contributed by atoms with Crippen molar-refractivity contribution in [1.29, 1.82) is 0 Å². The molecule has 0 aromatic heterocycles. The second-order valence-electron chi connectivity index (χ2n) is 6.25. The first kappa shape index (κ1) is 19.9. The normalized spacial score (nSPS) is 10.9. The van der Waals surface area contributed by atoms with E-state index < -0.39 is 0 Å². The molecular weight excluding hydrogens is 284 g/mol. The molecule has 0 saturated heterocycles. The molecule has 0 radical (unpaired) electrons. The molecule has 1 aromatic carbocycles. The Kier molecular flexibility index (Phi) is 9.31. The quantitative estimate of drug-likeness (QED) is 0.760. The van der Waals surface area contributed by atoms with E-state index in [-0.39, 0.29) is 23.7 Å². The van der Waals surface area contributed by atoms with Crippen LogP contribution in [0.15, 0.2) is 24.3 Å². The second kappa shape index (κ2) is 9.80. The van der Waals surface area contributed by atoms with Crippen LogP contribution in [0, 0.1) is 0 Å². The molecule has 0 spiro atoms. The smallest absolute Gasteiger partial charge is 0.220 e. The summed E-state index contributed by atoms with van der Waals surface area (Å²) < 4.78 is 0. The molecule has 0 atom stereocenters. The Labute approximate surface area is 135 Å². The molecule has 0 bridgehead atoms. The topological polar surface area (TPSA) is 41.1 Å². The van der Waals surface area contributed by atoms with Gasteiger partial charge in [-0.2, -0.15) is 0 Å². The molecule has 4 heteroatoms. The van der Waals surface area contributed by atoms with Crippen molar-refractivity contribution in [3.05, 3.63) is 35.4 Å². The van der Waals surface area contributed by atoms with Crippen molar-refractivity contribution < 1.29 is 4.79 Å². The molecule has 0 aliphatic heterocycles. The van der Waals surface area contributed by atoms with Gasteiger partial charge in [-0.1, -0.05) is 45.0 Å². The van der Waals surface area contributed by atoms with Gasteiger partial charge in [-0.15, -0.1) is 12.4 Å². The molecule has 21 heavy (non-hydrogen) atoms. The maximum Gasteiger partial charge on any atom is 0.220 e. The number of nitrogens with one attached hydrogen (secondary N) is 2. The largest absolute Gasteiger partial charge is 0.356 e. The summed E-state index contributed by atoms with van der Waals surface area (Å²) in [6, 6.07) is 8.60. The first-order valence-electron chi connectivity index (χ1n) is 7.44. The number of halogens is 1. The van der Waals surface area contributed by atoms with Gasteiger partial charge in [0.1, 0.15) is 0 Å². The molecule has 0 aliphatic carbocycles. The SMILES string of the molecule is CNCCCNC(=O)CCc1ccc(C(C)(C)C)cc1.Cl. The molecule has 2 N–H and O–H groups in total. The van der Waals surface area contributed by atoms with E-state index in [0.29, 0.717) is 6.42 Å². The van der Waals surface area contributed by atoms with Crippen LogP contribution in [0.1, 0.15) is 44.7 Å². The van der Waals surface area contributed by atoms with Crippen LogP contribution in [-0.4, -0.2) is 26.0 Å². The number of aryl methyl sites for hydroxylation is 1. The molecule has 1 aromatic rings. The van der Waals surface area contributed by atoms with Gasteiger partial charge >= 0.3 is 0 Å². The zero-order chi connectivity index (χ0) is 15.0. The van der Waals surface area contributed by atoms with E-state index in [9.17, 15) is 4.79 Å². The summed E-state index contributed by atoms with van der Waals surface area (Å²) in [7, 11) is 1.92. The van der Waals surface area contributed by atoms with Gasteiger partial charge in [0.2, 0.25) is 5.91 Å². The number of benzene rings is 1. The van der Waals surface area contributed by atoms with E-state index in [1.165, 1.54) is 11.1 Å². The van der Waals surface area contributed by atoms with Gasteiger partial charge < -0.3 is 10.6 Å². The van der Waals surface area contributed by atoms with E-state index in [4.69, 9.17) is 0 Å². The van der Waals surface area contributed by atoms with Gasteiger partial charge in [0.05, 0.1) is 0 Å². The third-order valence-corrected chi connectivity index (χ3v) is 3.39. The molecule has 0 fully saturated rings. The number of hydrogen-bond acceptors (Lipinski definition) is 2. The third kappa shape index (κ3) is 8.08. The highest BCUT2D eigenvalue weighted by molar-refractivity contribution is 5.85. The van der Waals surface area contributed by atoms with Gasteiger partial charge in [0.15, 0.2) is 0 Å². The highest BCUT2D eigenvalue weighted by Gasteiger charge is 2.12. The van der Waals surface area contributed by atoms with Crippen LogP contribution < -0.4 is 10.6 Å². The molecule has 3 nitrogen and oxygen atoms in total. The van der Waals surface area contributed by atoms with Crippen LogP contribution in [0.3, 0.4) is 0 Å². The summed E-state index contributed by atoms with van der Waals surface area (Å²) in [5.74, 6) is 0.140. The van der Waals surface area contributed by atoms with Crippen molar-refractivity contribution in [2.45, 2.75) is 45.4 Å². The maximum absolute atomic E-state index is 11.7. The number of rotatable bonds is 7.